The van der Waals surface area contributed by atoms with Gasteiger partial charge in [-0.05, 0) is 51.4 Å². The van der Waals surface area contributed by atoms with Crippen molar-refractivity contribution < 1.29 is 17.2 Å². The molecule has 0 aromatic heterocycles. The highest BCUT2D eigenvalue weighted by molar-refractivity contribution is 7.89. The average Bonchev–Trinajstić information content (AvgIpc) is 2.44. The Morgan fingerprint density at radius 1 is 1.23 bits per heavy atom. The minimum atomic E-state index is -3.87. The molecule has 1 aromatic rings. The molecule has 0 aliphatic carbocycles. The monoisotopic (exact) mass is 332 g/mol. The van der Waals surface area contributed by atoms with E-state index in [-0.39, 0.29) is 11.4 Å². The van der Waals surface area contributed by atoms with E-state index >= 15 is 0 Å². The molecule has 1 saturated heterocycles. The molecule has 0 radical (unpaired) electrons. The van der Waals surface area contributed by atoms with Gasteiger partial charge >= 0.3 is 0 Å². The largest absolute Gasteiger partial charge is 0.301 e. The van der Waals surface area contributed by atoms with Crippen LogP contribution in [0.3, 0.4) is 0 Å². The van der Waals surface area contributed by atoms with Crippen molar-refractivity contribution in [2.45, 2.75) is 43.5 Å². The molecule has 1 atom stereocenters. The summed E-state index contributed by atoms with van der Waals surface area (Å²) in [6.07, 6.45) is 4.27. The maximum Gasteiger partial charge on any atom is 0.240 e. The van der Waals surface area contributed by atoms with E-state index in [0.717, 1.165) is 25.2 Å². The summed E-state index contributed by atoms with van der Waals surface area (Å²) in [5.74, 6) is -1.80. The molecule has 0 spiro atoms. The van der Waals surface area contributed by atoms with Gasteiger partial charge in [-0.25, -0.2) is 21.9 Å². The fourth-order valence-corrected chi connectivity index (χ4v) is 3.86. The number of likely N-dealkylation sites (tertiary alicyclic amines) is 1. The summed E-state index contributed by atoms with van der Waals surface area (Å²) in [5.41, 5.74) is 0. The summed E-state index contributed by atoms with van der Waals surface area (Å²) in [6.45, 7) is 4.30. The van der Waals surface area contributed by atoms with E-state index in [9.17, 15) is 17.2 Å². The average molecular weight is 332 g/mol. The van der Waals surface area contributed by atoms with Gasteiger partial charge in [0.2, 0.25) is 10.0 Å². The Bertz CT molecular complexity index is 587. The molecular formula is C15H22F2N2O2S. The van der Waals surface area contributed by atoms with Crippen molar-refractivity contribution in [3.8, 4) is 0 Å². The fraction of sp³-hybridized carbons (Fsp3) is 0.600. The van der Waals surface area contributed by atoms with Crippen LogP contribution in [0, 0.1) is 11.6 Å². The maximum atomic E-state index is 13.1. The van der Waals surface area contributed by atoms with Crippen LogP contribution in [0.5, 0.6) is 0 Å². The Labute approximate surface area is 130 Å². The van der Waals surface area contributed by atoms with Crippen LogP contribution in [0.1, 0.15) is 32.6 Å². The molecule has 1 aliphatic heterocycles. The summed E-state index contributed by atoms with van der Waals surface area (Å²) >= 11 is 0. The predicted molar refractivity (Wildman–Crippen MR) is 81.0 cm³/mol. The molecule has 4 nitrogen and oxygen atoms in total. The van der Waals surface area contributed by atoms with E-state index in [4.69, 9.17) is 0 Å². The molecule has 1 N–H and O–H groups in total. The Morgan fingerprint density at radius 2 is 1.91 bits per heavy atom. The first-order valence-electron chi connectivity index (χ1n) is 7.58. The summed E-state index contributed by atoms with van der Waals surface area (Å²) in [4.78, 5) is 1.97. The molecular weight excluding hydrogens is 310 g/mol. The van der Waals surface area contributed by atoms with Crippen molar-refractivity contribution in [2.75, 3.05) is 19.6 Å². The minimum absolute atomic E-state index is 0.254. The molecule has 0 bridgehead atoms. The van der Waals surface area contributed by atoms with Gasteiger partial charge in [0.15, 0.2) is 0 Å². The van der Waals surface area contributed by atoms with E-state index in [0.29, 0.717) is 18.5 Å². The third kappa shape index (κ3) is 4.72. The lowest BCUT2D eigenvalue weighted by Gasteiger charge is -2.33. The van der Waals surface area contributed by atoms with Crippen LogP contribution in [-0.2, 0) is 10.0 Å². The van der Waals surface area contributed by atoms with Gasteiger partial charge in [0, 0.05) is 18.7 Å². The van der Waals surface area contributed by atoms with Crippen LogP contribution in [0.2, 0.25) is 0 Å². The first kappa shape index (κ1) is 17.3. The Kier molecular flexibility index (Phi) is 5.88. The number of hydrogen-bond acceptors (Lipinski definition) is 3. The highest BCUT2D eigenvalue weighted by atomic mass is 32.2. The van der Waals surface area contributed by atoms with Crippen LogP contribution in [0.15, 0.2) is 23.1 Å². The Morgan fingerprint density at radius 3 is 2.55 bits per heavy atom. The third-order valence-corrected chi connectivity index (χ3v) is 5.44. The number of nitrogens with one attached hydrogen (secondary N) is 1. The minimum Gasteiger partial charge on any atom is -0.301 e. The van der Waals surface area contributed by atoms with Gasteiger partial charge in [0.05, 0.1) is 4.90 Å². The van der Waals surface area contributed by atoms with Crippen molar-refractivity contribution in [3.63, 3.8) is 0 Å². The van der Waals surface area contributed by atoms with Crippen molar-refractivity contribution in [1.82, 2.24) is 9.62 Å². The first-order chi connectivity index (χ1) is 10.4. The van der Waals surface area contributed by atoms with Gasteiger partial charge in [-0.15, -0.1) is 0 Å². The smallest absolute Gasteiger partial charge is 0.240 e. The number of piperidine rings is 1. The summed E-state index contributed by atoms with van der Waals surface area (Å²) in [7, 11) is -3.87. The van der Waals surface area contributed by atoms with Crippen LogP contribution in [-0.4, -0.2) is 39.0 Å². The molecule has 1 aromatic carbocycles. The lowest BCUT2D eigenvalue weighted by molar-refractivity contribution is 0.159. The van der Waals surface area contributed by atoms with E-state index in [1.807, 2.05) is 0 Å². The van der Waals surface area contributed by atoms with Gasteiger partial charge < -0.3 is 4.90 Å². The summed E-state index contributed by atoms with van der Waals surface area (Å²) in [5, 5.41) is 0. The second-order valence-corrected chi connectivity index (χ2v) is 7.50. The molecule has 22 heavy (non-hydrogen) atoms. The second-order valence-electron chi connectivity index (χ2n) is 5.74. The van der Waals surface area contributed by atoms with E-state index < -0.39 is 21.7 Å². The molecule has 1 heterocycles. The Hall–Kier alpha value is -1.05. The number of benzene rings is 1. The van der Waals surface area contributed by atoms with Crippen LogP contribution in [0.4, 0.5) is 8.78 Å². The second kappa shape index (κ2) is 7.48. The zero-order chi connectivity index (χ0) is 16.2. The maximum absolute atomic E-state index is 13.1. The fourth-order valence-electron chi connectivity index (χ4n) is 2.75. The van der Waals surface area contributed by atoms with E-state index in [1.54, 1.807) is 0 Å². The van der Waals surface area contributed by atoms with Gasteiger partial charge in [-0.1, -0.05) is 6.42 Å². The third-order valence-electron chi connectivity index (χ3n) is 4.00. The molecule has 1 fully saturated rings. The molecule has 1 aliphatic rings. The Balaban J connectivity index is 1.85. The molecule has 0 amide bonds. The standard InChI is InChI=1S/C15H22F2N2O2S/c1-12-5-2-3-7-19(12)8-4-6-18-22(20,21)15-10-13(16)9-14(17)11-15/h9-12,18H,2-8H2,1H3. The van der Waals surface area contributed by atoms with Crippen molar-refractivity contribution >= 4 is 10.0 Å². The molecule has 2 rings (SSSR count). The number of halogens is 2. The highest BCUT2D eigenvalue weighted by Crippen LogP contribution is 2.16. The molecule has 7 heteroatoms. The number of rotatable bonds is 6. The van der Waals surface area contributed by atoms with Crippen LogP contribution in [0.25, 0.3) is 0 Å². The molecule has 0 saturated carbocycles. The van der Waals surface area contributed by atoms with Gasteiger partial charge in [-0.2, -0.15) is 0 Å². The predicted octanol–water partition coefficient (Wildman–Crippen LogP) is 2.51. The molecule has 1 unspecified atom stereocenters. The van der Waals surface area contributed by atoms with Crippen molar-refractivity contribution in [2.24, 2.45) is 0 Å². The summed E-state index contributed by atoms with van der Waals surface area (Å²) < 4.78 is 52.6. The number of sulfonamides is 1. The van der Waals surface area contributed by atoms with Gasteiger partial charge in [0.25, 0.3) is 0 Å². The topological polar surface area (TPSA) is 49.4 Å². The number of hydrogen-bond donors (Lipinski definition) is 1. The van der Waals surface area contributed by atoms with Crippen molar-refractivity contribution in [1.29, 1.82) is 0 Å². The van der Waals surface area contributed by atoms with Crippen molar-refractivity contribution in [3.05, 3.63) is 29.8 Å². The summed E-state index contributed by atoms with van der Waals surface area (Å²) in [6, 6.07) is 2.81. The van der Waals surface area contributed by atoms with Crippen LogP contribution >= 0.6 is 0 Å². The van der Waals surface area contributed by atoms with E-state index in [1.165, 1.54) is 19.3 Å². The number of nitrogens with zero attached hydrogens (tertiary/aromatic N) is 1. The quantitative estimate of drug-likeness (QED) is 0.815. The SMILES string of the molecule is CC1CCCCN1CCCNS(=O)(=O)c1cc(F)cc(F)c1. The first-order valence-corrected chi connectivity index (χ1v) is 9.06. The lowest BCUT2D eigenvalue weighted by Crippen LogP contribution is -2.39. The van der Waals surface area contributed by atoms with Gasteiger partial charge in [0.1, 0.15) is 11.6 Å². The lowest BCUT2D eigenvalue weighted by atomic mass is 10.0. The van der Waals surface area contributed by atoms with Gasteiger partial charge in [-0.3, -0.25) is 0 Å². The normalized spacial score (nSPS) is 20.2. The molecule has 124 valence electrons. The zero-order valence-corrected chi connectivity index (χ0v) is 13.5. The van der Waals surface area contributed by atoms with Crippen LogP contribution < -0.4 is 4.72 Å². The zero-order valence-electron chi connectivity index (χ0n) is 12.7. The highest BCUT2D eigenvalue weighted by Gasteiger charge is 2.19. The van der Waals surface area contributed by atoms with E-state index in [2.05, 4.69) is 16.5 Å².